The first-order chi connectivity index (χ1) is 8.19. The number of halogens is 1. The van der Waals surface area contributed by atoms with Gasteiger partial charge < -0.3 is 4.74 Å². The third kappa shape index (κ3) is 3.06. The first-order valence-electron chi connectivity index (χ1n) is 5.18. The Bertz CT molecular complexity index is 550. The summed E-state index contributed by atoms with van der Waals surface area (Å²) >= 11 is 2.24. The van der Waals surface area contributed by atoms with Gasteiger partial charge in [0.15, 0.2) is 0 Å². The predicted octanol–water partition coefficient (Wildman–Crippen LogP) is 4.20. The maximum atomic E-state index is 10.7. The van der Waals surface area contributed by atoms with Crippen LogP contribution in [0.4, 0.5) is 0 Å². The zero-order valence-electron chi connectivity index (χ0n) is 9.31. The Morgan fingerprint density at radius 3 is 2.53 bits per heavy atom. The zero-order chi connectivity index (χ0) is 12.3. The van der Waals surface area contributed by atoms with E-state index in [4.69, 9.17) is 4.74 Å². The summed E-state index contributed by atoms with van der Waals surface area (Å²) in [4.78, 5) is 10.7. The van der Waals surface area contributed by atoms with Gasteiger partial charge in [-0.1, -0.05) is 6.07 Å². The molecule has 0 unspecified atom stereocenters. The van der Waals surface area contributed by atoms with Crippen LogP contribution in [0.2, 0.25) is 0 Å². The van der Waals surface area contributed by atoms with E-state index in [1.165, 1.54) is 0 Å². The molecule has 2 aromatic carbocycles. The molecule has 0 radical (unpaired) electrons. The molecule has 0 aromatic heterocycles. The largest absolute Gasteiger partial charge is 0.457 e. The molecule has 0 atom stereocenters. The molecule has 0 aliphatic heterocycles. The zero-order valence-corrected chi connectivity index (χ0v) is 11.5. The molecule has 2 nitrogen and oxygen atoms in total. The molecule has 2 aromatic rings. The van der Waals surface area contributed by atoms with Crippen molar-refractivity contribution in [3.8, 4) is 11.5 Å². The van der Waals surface area contributed by atoms with Crippen LogP contribution in [0.25, 0.3) is 0 Å². The Morgan fingerprint density at radius 1 is 1.12 bits per heavy atom. The summed E-state index contributed by atoms with van der Waals surface area (Å²) in [7, 11) is 0. The minimum absolute atomic E-state index is 0.694. The Labute approximate surface area is 114 Å². The average molecular weight is 338 g/mol. The van der Waals surface area contributed by atoms with Crippen molar-refractivity contribution < 1.29 is 9.53 Å². The summed E-state index contributed by atoms with van der Waals surface area (Å²) in [5, 5.41) is 0. The van der Waals surface area contributed by atoms with E-state index >= 15 is 0 Å². The number of aldehydes is 1. The van der Waals surface area contributed by atoms with Crippen LogP contribution in [0.15, 0.2) is 42.5 Å². The standard InChI is InChI=1S/C14H11IO2/c1-10-7-14(6-5-11(10)9-16)17-13-4-2-3-12(15)8-13/h2-9H,1H3. The lowest BCUT2D eigenvalue weighted by Gasteiger charge is -2.07. The van der Waals surface area contributed by atoms with Crippen LogP contribution in [0, 0.1) is 10.5 Å². The first kappa shape index (κ1) is 12.1. The summed E-state index contributed by atoms with van der Waals surface area (Å²) in [5.41, 5.74) is 1.61. The highest BCUT2D eigenvalue weighted by Crippen LogP contribution is 2.24. The van der Waals surface area contributed by atoms with Crippen LogP contribution in [-0.2, 0) is 0 Å². The van der Waals surface area contributed by atoms with Crippen LogP contribution >= 0.6 is 22.6 Å². The van der Waals surface area contributed by atoms with E-state index in [1.54, 1.807) is 12.1 Å². The SMILES string of the molecule is Cc1cc(Oc2cccc(I)c2)ccc1C=O. The van der Waals surface area contributed by atoms with Crippen molar-refractivity contribution in [3.05, 3.63) is 57.2 Å². The third-order valence-electron chi connectivity index (χ3n) is 2.40. The van der Waals surface area contributed by atoms with Crippen molar-refractivity contribution in [3.63, 3.8) is 0 Å². The van der Waals surface area contributed by atoms with Gasteiger partial charge in [-0.05, 0) is 71.5 Å². The molecule has 2 rings (SSSR count). The Morgan fingerprint density at radius 2 is 1.88 bits per heavy atom. The van der Waals surface area contributed by atoms with E-state index in [0.717, 1.165) is 26.9 Å². The Hall–Kier alpha value is -1.36. The molecular weight excluding hydrogens is 327 g/mol. The maximum Gasteiger partial charge on any atom is 0.150 e. The monoisotopic (exact) mass is 338 g/mol. The molecule has 17 heavy (non-hydrogen) atoms. The van der Waals surface area contributed by atoms with E-state index in [-0.39, 0.29) is 0 Å². The second kappa shape index (κ2) is 5.31. The Kier molecular flexibility index (Phi) is 3.78. The predicted molar refractivity (Wildman–Crippen MR) is 75.8 cm³/mol. The highest BCUT2D eigenvalue weighted by molar-refractivity contribution is 14.1. The van der Waals surface area contributed by atoms with Crippen molar-refractivity contribution in [2.45, 2.75) is 6.92 Å². The maximum absolute atomic E-state index is 10.7. The van der Waals surface area contributed by atoms with E-state index in [0.29, 0.717) is 5.56 Å². The van der Waals surface area contributed by atoms with Crippen molar-refractivity contribution in [1.29, 1.82) is 0 Å². The third-order valence-corrected chi connectivity index (χ3v) is 3.07. The highest BCUT2D eigenvalue weighted by atomic mass is 127. The molecule has 0 amide bonds. The van der Waals surface area contributed by atoms with Crippen molar-refractivity contribution in [2.75, 3.05) is 0 Å². The lowest BCUT2D eigenvalue weighted by molar-refractivity contribution is 0.112. The van der Waals surface area contributed by atoms with Gasteiger partial charge in [-0.2, -0.15) is 0 Å². The molecule has 0 N–H and O–H groups in total. The number of hydrogen-bond acceptors (Lipinski definition) is 2. The quantitative estimate of drug-likeness (QED) is 0.619. The smallest absolute Gasteiger partial charge is 0.150 e. The van der Waals surface area contributed by atoms with Crippen LogP contribution in [0.3, 0.4) is 0 Å². The molecule has 0 aliphatic rings. The fourth-order valence-corrected chi connectivity index (χ4v) is 2.03. The minimum Gasteiger partial charge on any atom is -0.457 e. The Balaban J connectivity index is 2.24. The van der Waals surface area contributed by atoms with Gasteiger partial charge in [-0.15, -0.1) is 0 Å². The molecule has 0 saturated carbocycles. The number of aryl methyl sites for hydroxylation is 1. The van der Waals surface area contributed by atoms with Gasteiger partial charge in [-0.3, -0.25) is 4.79 Å². The van der Waals surface area contributed by atoms with Crippen LogP contribution in [-0.4, -0.2) is 6.29 Å². The number of ether oxygens (including phenoxy) is 1. The van der Waals surface area contributed by atoms with Gasteiger partial charge in [0, 0.05) is 9.13 Å². The van der Waals surface area contributed by atoms with Gasteiger partial charge in [0.2, 0.25) is 0 Å². The number of benzene rings is 2. The summed E-state index contributed by atoms with van der Waals surface area (Å²) in [6.45, 7) is 1.89. The van der Waals surface area contributed by atoms with Gasteiger partial charge in [-0.25, -0.2) is 0 Å². The molecule has 3 heteroatoms. The van der Waals surface area contributed by atoms with E-state index in [1.807, 2.05) is 37.3 Å². The lowest BCUT2D eigenvalue weighted by Crippen LogP contribution is -1.89. The summed E-state index contributed by atoms with van der Waals surface area (Å²) in [6, 6.07) is 13.3. The minimum atomic E-state index is 0.694. The molecule has 0 spiro atoms. The normalized spacial score (nSPS) is 10.0. The van der Waals surface area contributed by atoms with Gasteiger partial charge in [0.1, 0.15) is 17.8 Å². The van der Waals surface area contributed by atoms with Crippen molar-refractivity contribution >= 4 is 28.9 Å². The molecule has 86 valence electrons. The molecular formula is C14H11IO2. The molecule has 0 heterocycles. The second-order valence-corrected chi connectivity index (χ2v) is 4.94. The summed E-state index contributed by atoms with van der Waals surface area (Å²) in [5.74, 6) is 1.55. The summed E-state index contributed by atoms with van der Waals surface area (Å²) in [6.07, 6.45) is 0.852. The van der Waals surface area contributed by atoms with Crippen LogP contribution in [0.5, 0.6) is 11.5 Å². The van der Waals surface area contributed by atoms with E-state index < -0.39 is 0 Å². The van der Waals surface area contributed by atoms with E-state index in [9.17, 15) is 4.79 Å². The van der Waals surface area contributed by atoms with Crippen molar-refractivity contribution in [2.24, 2.45) is 0 Å². The number of rotatable bonds is 3. The van der Waals surface area contributed by atoms with Gasteiger partial charge in [0.05, 0.1) is 0 Å². The topological polar surface area (TPSA) is 26.3 Å². The summed E-state index contributed by atoms with van der Waals surface area (Å²) < 4.78 is 6.85. The van der Waals surface area contributed by atoms with Gasteiger partial charge in [0.25, 0.3) is 0 Å². The number of carbonyl (C=O) groups is 1. The first-order valence-corrected chi connectivity index (χ1v) is 6.26. The van der Waals surface area contributed by atoms with Crippen LogP contribution in [0.1, 0.15) is 15.9 Å². The molecule has 0 bridgehead atoms. The molecule has 0 aliphatic carbocycles. The molecule has 0 fully saturated rings. The fraction of sp³-hybridized carbons (Fsp3) is 0.0714. The number of hydrogen-bond donors (Lipinski definition) is 0. The number of carbonyl (C=O) groups excluding carboxylic acids is 1. The fourth-order valence-electron chi connectivity index (χ4n) is 1.51. The molecule has 0 saturated heterocycles. The van der Waals surface area contributed by atoms with Gasteiger partial charge >= 0.3 is 0 Å². The lowest BCUT2D eigenvalue weighted by atomic mass is 10.1. The van der Waals surface area contributed by atoms with Crippen LogP contribution < -0.4 is 4.74 Å². The van der Waals surface area contributed by atoms with Crippen molar-refractivity contribution in [1.82, 2.24) is 0 Å². The highest BCUT2D eigenvalue weighted by Gasteiger charge is 2.01. The second-order valence-electron chi connectivity index (χ2n) is 3.70. The van der Waals surface area contributed by atoms with E-state index in [2.05, 4.69) is 22.6 Å². The average Bonchev–Trinajstić information content (AvgIpc) is 2.29.